The van der Waals surface area contributed by atoms with Crippen molar-refractivity contribution in [2.75, 3.05) is 20.2 Å². The SMILES string of the molecule is CC[C@H](C)[C@H](NC(=O)c1ccc(S(=O)(=O)N(CC)CC)cc1)C(=O)OC. The topological polar surface area (TPSA) is 92.8 Å². The van der Waals surface area contributed by atoms with Gasteiger partial charge in [-0.05, 0) is 30.2 Å². The summed E-state index contributed by atoms with van der Waals surface area (Å²) in [6, 6.07) is 4.93. The maximum absolute atomic E-state index is 12.5. The van der Waals surface area contributed by atoms with Crippen molar-refractivity contribution >= 4 is 21.9 Å². The van der Waals surface area contributed by atoms with Gasteiger partial charge in [0.25, 0.3) is 5.91 Å². The molecule has 1 amide bonds. The van der Waals surface area contributed by atoms with Crippen LogP contribution in [0.4, 0.5) is 0 Å². The summed E-state index contributed by atoms with van der Waals surface area (Å²) < 4.78 is 31.0. The summed E-state index contributed by atoms with van der Waals surface area (Å²) >= 11 is 0. The van der Waals surface area contributed by atoms with E-state index in [1.807, 2.05) is 13.8 Å². The van der Waals surface area contributed by atoms with Crippen LogP contribution in [0.25, 0.3) is 0 Å². The van der Waals surface area contributed by atoms with Gasteiger partial charge < -0.3 is 10.1 Å². The Bertz CT molecular complexity index is 712. The molecular weight excluding hydrogens is 356 g/mol. The summed E-state index contributed by atoms with van der Waals surface area (Å²) in [4.78, 5) is 24.4. The van der Waals surface area contributed by atoms with Crippen molar-refractivity contribution < 1.29 is 22.7 Å². The monoisotopic (exact) mass is 384 g/mol. The van der Waals surface area contributed by atoms with E-state index in [-0.39, 0.29) is 16.4 Å². The molecule has 0 aliphatic carbocycles. The van der Waals surface area contributed by atoms with Crippen LogP contribution in [0, 0.1) is 5.92 Å². The van der Waals surface area contributed by atoms with Crippen LogP contribution in [0.5, 0.6) is 0 Å². The number of nitrogens with one attached hydrogen (secondary N) is 1. The molecule has 26 heavy (non-hydrogen) atoms. The van der Waals surface area contributed by atoms with Gasteiger partial charge in [-0.1, -0.05) is 34.1 Å². The van der Waals surface area contributed by atoms with Gasteiger partial charge in [0.15, 0.2) is 0 Å². The van der Waals surface area contributed by atoms with E-state index in [0.717, 1.165) is 0 Å². The number of carbonyl (C=O) groups is 2. The summed E-state index contributed by atoms with van der Waals surface area (Å²) in [6.45, 7) is 8.05. The third kappa shape index (κ3) is 5.04. The van der Waals surface area contributed by atoms with E-state index < -0.39 is 27.9 Å². The first-order valence-corrected chi connectivity index (χ1v) is 10.2. The molecule has 0 bridgehead atoms. The van der Waals surface area contributed by atoms with E-state index in [0.29, 0.717) is 19.5 Å². The number of sulfonamides is 1. The number of nitrogens with zero attached hydrogens (tertiary/aromatic N) is 1. The molecule has 0 radical (unpaired) electrons. The quantitative estimate of drug-likeness (QED) is 0.658. The molecule has 0 heterocycles. The molecule has 1 N–H and O–H groups in total. The molecule has 0 aliphatic rings. The zero-order valence-electron chi connectivity index (χ0n) is 16.0. The molecule has 0 saturated heterocycles. The Labute approximate surface area is 155 Å². The molecule has 0 aromatic heterocycles. The molecule has 0 spiro atoms. The fraction of sp³-hybridized carbons (Fsp3) is 0.556. The first kappa shape index (κ1) is 22.1. The van der Waals surface area contributed by atoms with Crippen molar-refractivity contribution in [3.63, 3.8) is 0 Å². The number of benzene rings is 1. The minimum absolute atomic E-state index is 0.0892. The predicted molar refractivity (Wildman–Crippen MR) is 99.3 cm³/mol. The van der Waals surface area contributed by atoms with Crippen LogP contribution in [0.3, 0.4) is 0 Å². The number of ether oxygens (including phenoxy) is 1. The fourth-order valence-electron chi connectivity index (χ4n) is 2.51. The molecule has 1 aromatic rings. The third-order valence-electron chi connectivity index (χ3n) is 4.41. The van der Waals surface area contributed by atoms with Crippen LogP contribution in [0.1, 0.15) is 44.5 Å². The molecule has 0 saturated carbocycles. The number of methoxy groups -OCH3 is 1. The van der Waals surface area contributed by atoms with Gasteiger partial charge in [0, 0.05) is 18.7 Å². The summed E-state index contributed by atoms with van der Waals surface area (Å²) in [5.41, 5.74) is 0.278. The summed E-state index contributed by atoms with van der Waals surface area (Å²) in [7, 11) is -2.30. The number of rotatable bonds is 9. The smallest absolute Gasteiger partial charge is 0.328 e. The van der Waals surface area contributed by atoms with Crippen molar-refractivity contribution in [3.05, 3.63) is 29.8 Å². The Morgan fingerprint density at radius 3 is 2.08 bits per heavy atom. The summed E-state index contributed by atoms with van der Waals surface area (Å²) in [6.07, 6.45) is 0.696. The van der Waals surface area contributed by atoms with Gasteiger partial charge in [0.1, 0.15) is 6.04 Å². The highest BCUT2D eigenvalue weighted by Crippen LogP contribution is 2.17. The lowest BCUT2D eigenvalue weighted by Crippen LogP contribution is -2.45. The van der Waals surface area contributed by atoms with Gasteiger partial charge in [0.05, 0.1) is 12.0 Å². The molecule has 1 aromatic carbocycles. The lowest BCUT2D eigenvalue weighted by Gasteiger charge is -2.22. The zero-order chi connectivity index (χ0) is 19.9. The summed E-state index contributed by atoms with van der Waals surface area (Å²) in [5, 5.41) is 2.66. The van der Waals surface area contributed by atoms with Crippen molar-refractivity contribution in [1.29, 1.82) is 0 Å². The molecule has 8 heteroatoms. The number of esters is 1. The lowest BCUT2D eigenvalue weighted by molar-refractivity contribution is -0.144. The average molecular weight is 384 g/mol. The van der Waals surface area contributed by atoms with E-state index in [1.165, 1.54) is 35.7 Å². The normalized spacial score (nSPS) is 13.9. The van der Waals surface area contributed by atoms with Crippen LogP contribution in [-0.4, -0.2) is 50.8 Å². The number of carbonyl (C=O) groups excluding carboxylic acids is 2. The van der Waals surface area contributed by atoms with Crippen LogP contribution in [-0.2, 0) is 19.6 Å². The Hall–Kier alpha value is -1.93. The highest BCUT2D eigenvalue weighted by Gasteiger charge is 2.27. The fourth-order valence-corrected chi connectivity index (χ4v) is 3.97. The molecule has 2 atom stereocenters. The second-order valence-electron chi connectivity index (χ2n) is 5.97. The van der Waals surface area contributed by atoms with Gasteiger partial charge in [-0.15, -0.1) is 0 Å². The largest absolute Gasteiger partial charge is 0.467 e. The standard InChI is InChI=1S/C18H28N2O5S/c1-6-13(4)16(18(22)25-5)19-17(21)14-9-11-15(12-10-14)26(23,24)20(7-2)8-3/h9-13,16H,6-8H2,1-5H3,(H,19,21)/t13-,16-/m0/s1. The van der Waals surface area contributed by atoms with Gasteiger partial charge in [0.2, 0.25) is 10.0 Å². The Morgan fingerprint density at radius 2 is 1.65 bits per heavy atom. The van der Waals surface area contributed by atoms with Gasteiger partial charge >= 0.3 is 5.97 Å². The molecule has 0 aliphatic heterocycles. The van der Waals surface area contributed by atoms with Crippen LogP contribution >= 0.6 is 0 Å². The van der Waals surface area contributed by atoms with Crippen LogP contribution in [0.15, 0.2) is 29.2 Å². The highest BCUT2D eigenvalue weighted by atomic mass is 32.2. The minimum Gasteiger partial charge on any atom is -0.467 e. The van der Waals surface area contributed by atoms with Crippen LogP contribution < -0.4 is 5.32 Å². The van der Waals surface area contributed by atoms with Crippen molar-refractivity contribution in [2.45, 2.75) is 45.1 Å². The van der Waals surface area contributed by atoms with E-state index in [4.69, 9.17) is 4.74 Å². The summed E-state index contributed by atoms with van der Waals surface area (Å²) in [5.74, 6) is -1.05. The first-order chi connectivity index (χ1) is 12.2. The second kappa shape index (κ2) is 9.68. The maximum Gasteiger partial charge on any atom is 0.328 e. The molecule has 0 unspecified atom stereocenters. The van der Waals surface area contributed by atoms with Gasteiger partial charge in [-0.3, -0.25) is 4.79 Å². The number of hydrogen-bond acceptors (Lipinski definition) is 5. The maximum atomic E-state index is 12.5. The Morgan fingerprint density at radius 1 is 1.12 bits per heavy atom. The molecule has 0 fully saturated rings. The van der Waals surface area contributed by atoms with E-state index in [1.54, 1.807) is 13.8 Å². The molecular formula is C18H28N2O5S. The molecule has 1 rings (SSSR count). The molecule has 146 valence electrons. The molecule has 7 nitrogen and oxygen atoms in total. The predicted octanol–water partition coefficient (Wildman–Crippen LogP) is 2.03. The zero-order valence-corrected chi connectivity index (χ0v) is 16.8. The van der Waals surface area contributed by atoms with E-state index in [9.17, 15) is 18.0 Å². The minimum atomic E-state index is -3.57. The van der Waals surface area contributed by atoms with E-state index >= 15 is 0 Å². The Balaban J connectivity index is 3.00. The van der Waals surface area contributed by atoms with Crippen molar-refractivity contribution in [2.24, 2.45) is 5.92 Å². The van der Waals surface area contributed by atoms with Gasteiger partial charge in [-0.2, -0.15) is 4.31 Å². The Kier molecular flexibility index (Phi) is 8.23. The van der Waals surface area contributed by atoms with Crippen molar-refractivity contribution in [1.82, 2.24) is 9.62 Å². The second-order valence-corrected chi connectivity index (χ2v) is 7.91. The van der Waals surface area contributed by atoms with E-state index in [2.05, 4.69) is 5.32 Å². The van der Waals surface area contributed by atoms with Crippen LogP contribution in [0.2, 0.25) is 0 Å². The van der Waals surface area contributed by atoms with Crippen molar-refractivity contribution in [3.8, 4) is 0 Å². The average Bonchev–Trinajstić information content (AvgIpc) is 2.65. The first-order valence-electron chi connectivity index (χ1n) is 8.71. The third-order valence-corrected chi connectivity index (χ3v) is 6.48. The number of hydrogen-bond donors (Lipinski definition) is 1. The lowest BCUT2D eigenvalue weighted by atomic mass is 9.99. The van der Waals surface area contributed by atoms with Gasteiger partial charge in [-0.25, -0.2) is 13.2 Å². The highest BCUT2D eigenvalue weighted by molar-refractivity contribution is 7.89. The number of amides is 1.